The predicted molar refractivity (Wildman–Crippen MR) is 91.2 cm³/mol. The highest BCUT2D eigenvalue weighted by atomic mass is 32.2. The third-order valence-corrected chi connectivity index (χ3v) is 5.51. The lowest BCUT2D eigenvalue weighted by Crippen LogP contribution is -2.34. The van der Waals surface area contributed by atoms with E-state index in [9.17, 15) is 0 Å². The fourth-order valence-corrected chi connectivity index (χ4v) is 3.96. The van der Waals surface area contributed by atoms with Crippen LogP contribution in [0.15, 0.2) is 17.1 Å². The number of hydrogen-bond acceptors (Lipinski definition) is 3. The molecule has 2 atom stereocenters. The van der Waals surface area contributed by atoms with Crippen molar-refractivity contribution in [2.24, 2.45) is 10.9 Å². The second kappa shape index (κ2) is 6.53. The van der Waals surface area contributed by atoms with Crippen LogP contribution in [-0.2, 0) is 0 Å². The molecule has 0 bridgehead atoms. The molecule has 1 aromatic carbocycles. The maximum atomic E-state index is 9.08. The molecule has 112 valence electrons. The number of thioether (sulfide) groups is 1. The van der Waals surface area contributed by atoms with Crippen molar-refractivity contribution in [3.63, 3.8) is 0 Å². The molecule has 1 fully saturated rings. The molecule has 0 N–H and O–H groups in total. The predicted octanol–water partition coefficient (Wildman–Crippen LogP) is 4.26. The topological polar surface area (TPSA) is 39.4 Å². The van der Waals surface area contributed by atoms with Gasteiger partial charge in [-0.1, -0.05) is 32.0 Å². The van der Waals surface area contributed by atoms with E-state index in [1.54, 1.807) is 0 Å². The van der Waals surface area contributed by atoms with Gasteiger partial charge in [0.2, 0.25) is 0 Å². The van der Waals surface area contributed by atoms with Crippen molar-refractivity contribution in [2.75, 3.05) is 12.8 Å². The van der Waals surface area contributed by atoms with Crippen molar-refractivity contribution in [1.29, 1.82) is 5.26 Å². The van der Waals surface area contributed by atoms with Crippen molar-refractivity contribution in [3.05, 3.63) is 28.8 Å². The van der Waals surface area contributed by atoms with Crippen molar-refractivity contribution < 1.29 is 0 Å². The van der Waals surface area contributed by atoms with E-state index in [0.717, 1.165) is 33.3 Å². The minimum Gasteiger partial charge on any atom is -0.350 e. The largest absolute Gasteiger partial charge is 0.350 e. The summed E-state index contributed by atoms with van der Waals surface area (Å²) in [6, 6.07) is 6.75. The van der Waals surface area contributed by atoms with Gasteiger partial charge in [0.1, 0.15) is 0 Å². The molecule has 0 aromatic heterocycles. The number of nitrogens with zero attached hydrogens (tertiary/aromatic N) is 3. The second-order valence-electron chi connectivity index (χ2n) is 5.83. The normalized spacial score (nSPS) is 21.6. The van der Waals surface area contributed by atoms with Crippen LogP contribution in [0.5, 0.6) is 0 Å². The molecule has 1 saturated heterocycles. The average Bonchev–Trinajstić information content (AvgIpc) is 2.83. The zero-order chi connectivity index (χ0) is 15.6. The Bertz CT molecular complexity index is 601. The average molecular weight is 301 g/mol. The van der Waals surface area contributed by atoms with Gasteiger partial charge in [-0.15, -0.1) is 0 Å². The van der Waals surface area contributed by atoms with Crippen LogP contribution < -0.4 is 0 Å². The lowest BCUT2D eigenvalue weighted by molar-refractivity contribution is 0.304. The Kier molecular flexibility index (Phi) is 4.95. The molecule has 0 aliphatic carbocycles. The number of rotatable bonds is 3. The van der Waals surface area contributed by atoms with E-state index >= 15 is 0 Å². The molecule has 2 unspecified atom stereocenters. The van der Waals surface area contributed by atoms with Gasteiger partial charge in [-0.2, -0.15) is 5.26 Å². The minimum absolute atomic E-state index is 0.568. The van der Waals surface area contributed by atoms with Gasteiger partial charge in [0.15, 0.2) is 5.17 Å². The molecule has 2 rings (SSSR count). The summed E-state index contributed by atoms with van der Waals surface area (Å²) in [6.07, 6.45) is 1.19. The first-order valence-electron chi connectivity index (χ1n) is 7.43. The Morgan fingerprint density at radius 3 is 2.76 bits per heavy atom. The summed E-state index contributed by atoms with van der Waals surface area (Å²) in [5, 5.41) is 10.2. The van der Waals surface area contributed by atoms with E-state index in [1.807, 2.05) is 37.7 Å². The van der Waals surface area contributed by atoms with Gasteiger partial charge in [-0.25, -0.2) is 4.99 Å². The SMILES string of the molecule is CCC(C)C1CSC(=Nc2cc(C)c(C#N)cc2C)N1C. The summed E-state index contributed by atoms with van der Waals surface area (Å²) in [7, 11) is 2.14. The first-order chi connectivity index (χ1) is 9.97. The third-order valence-electron chi connectivity index (χ3n) is 4.36. The van der Waals surface area contributed by atoms with Crippen LogP contribution in [0.1, 0.15) is 37.0 Å². The lowest BCUT2D eigenvalue weighted by atomic mass is 10.0. The van der Waals surface area contributed by atoms with Crippen LogP contribution in [0.25, 0.3) is 0 Å². The Morgan fingerprint density at radius 2 is 2.14 bits per heavy atom. The van der Waals surface area contributed by atoms with E-state index < -0.39 is 0 Å². The molecule has 3 nitrogen and oxygen atoms in total. The Labute approximate surface area is 132 Å². The van der Waals surface area contributed by atoms with Gasteiger partial charge in [-0.3, -0.25) is 0 Å². The second-order valence-corrected chi connectivity index (χ2v) is 6.82. The number of aliphatic imine (C=N–C) groups is 1. The van der Waals surface area contributed by atoms with Crippen LogP contribution >= 0.6 is 11.8 Å². The number of hydrogen-bond donors (Lipinski definition) is 0. The number of amidine groups is 1. The van der Waals surface area contributed by atoms with Gasteiger partial charge >= 0.3 is 0 Å². The summed E-state index contributed by atoms with van der Waals surface area (Å²) in [6.45, 7) is 8.54. The quantitative estimate of drug-likeness (QED) is 0.837. The van der Waals surface area contributed by atoms with Gasteiger partial charge in [0.05, 0.1) is 17.3 Å². The highest BCUT2D eigenvalue weighted by Crippen LogP contribution is 2.32. The van der Waals surface area contributed by atoms with Crippen LogP contribution in [-0.4, -0.2) is 28.9 Å². The molecule has 1 aromatic rings. The van der Waals surface area contributed by atoms with Gasteiger partial charge in [0, 0.05) is 18.8 Å². The van der Waals surface area contributed by atoms with Crippen molar-refractivity contribution >= 4 is 22.6 Å². The Morgan fingerprint density at radius 1 is 1.43 bits per heavy atom. The summed E-state index contributed by atoms with van der Waals surface area (Å²) in [5.41, 5.74) is 3.77. The molecular weight excluding hydrogens is 278 g/mol. The van der Waals surface area contributed by atoms with Crippen LogP contribution in [0.4, 0.5) is 5.69 Å². The number of benzene rings is 1. The molecular formula is C17H23N3S. The molecule has 0 radical (unpaired) electrons. The minimum atomic E-state index is 0.568. The van der Waals surface area contributed by atoms with Crippen LogP contribution in [0, 0.1) is 31.1 Å². The van der Waals surface area contributed by atoms with Gasteiger partial charge in [0.25, 0.3) is 0 Å². The first kappa shape index (κ1) is 15.9. The van der Waals surface area contributed by atoms with E-state index in [2.05, 4.69) is 31.9 Å². The molecule has 4 heteroatoms. The maximum absolute atomic E-state index is 9.08. The third kappa shape index (κ3) is 3.24. The van der Waals surface area contributed by atoms with Crippen LogP contribution in [0.2, 0.25) is 0 Å². The molecule has 0 amide bonds. The molecule has 1 heterocycles. The highest BCUT2D eigenvalue weighted by molar-refractivity contribution is 8.14. The van der Waals surface area contributed by atoms with Gasteiger partial charge < -0.3 is 4.90 Å². The molecule has 21 heavy (non-hydrogen) atoms. The van der Waals surface area contributed by atoms with E-state index in [4.69, 9.17) is 10.3 Å². The zero-order valence-electron chi connectivity index (χ0n) is 13.5. The monoisotopic (exact) mass is 301 g/mol. The maximum Gasteiger partial charge on any atom is 0.164 e. The van der Waals surface area contributed by atoms with Crippen molar-refractivity contribution in [2.45, 2.75) is 40.2 Å². The van der Waals surface area contributed by atoms with Crippen molar-refractivity contribution in [1.82, 2.24) is 4.90 Å². The van der Waals surface area contributed by atoms with E-state index in [-0.39, 0.29) is 0 Å². The van der Waals surface area contributed by atoms with E-state index in [1.165, 1.54) is 6.42 Å². The van der Waals surface area contributed by atoms with E-state index in [0.29, 0.717) is 12.0 Å². The van der Waals surface area contributed by atoms with Crippen LogP contribution in [0.3, 0.4) is 0 Å². The zero-order valence-corrected chi connectivity index (χ0v) is 14.3. The summed E-state index contributed by atoms with van der Waals surface area (Å²) in [4.78, 5) is 7.15. The molecule has 1 aliphatic heterocycles. The fraction of sp³-hybridized carbons (Fsp3) is 0.529. The Balaban J connectivity index is 2.29. The Hall–Kier alpha value is -1.47. The smallest absolute Gasteiger partial charge is 0.164 e. The molecule has 0 saturated carbocycles. The standard InChI is InChI=1S/C17H23N3S/c1-6-11(2)16-10-21-17(20(16)5)19-15-8-12(3)14(9-18)7-13(15)4/h7-8,11,16H,6,10H2,1-5H3. The van der Waals surface area contributed by atoms with Gasteiger partial charge in [-0.05, 0) is 43.0 Å². The van der Waals surface area contributed by atoms with Crippen molar-refractivity contribution in [3.8, 4) is 6.07 Å². The highest BCUT2D eigenvalue weighted by Gasteiger charge is 2.30. The lowest BCUT2D eigenvalue weighted by Gasteiger charge is -2.25. The summed E-state index contributed by atoms with van der Waals surface area (Å²) < 4.78 is 0. The molecule has 1 aliphatic rings. The summed E-state index contributed by atoms with van der Waals surface area (Å²) in [5.74, 6) is 1.79. The molecule has 0 spiro atoms. The number of nitriles is 1. The fourth-order valence-electron chi connectivity index (χ4n) is 2.59. The number of aryl methyl sites for hydroxylation is 2. The first-order valence-corrected chi connectivity index (χ1v) is 8.42. The summed E-state index contributed by atoms with van der Waals surface area (Å²) >= 11 is 1.83.